The fraction of sp³-hybridized carbons (Fsp3) is 0.132. The summed E-state index contributed by atoms with van der Waals surface area (Å²) >= 11 is 0. The first-order valence-electron chi connectivity index (χ1n) is 14.2. The molecule has 1 heterocycles. The Morgan fingerprint density at radius 1 is 0.690 bits per heavy atom. The Morgan fingerprint density at radius 2 is 1.24 bits per heavy atom. The van der Waals surface area contributed by atoms with Crippen molar-refractivity contribution in [1.29, 1.82) is 0 Å². The molecule has 0 aliphatic heterocycles. The molecule has 6 rings (SSSR count). The summed E-state index contributed by atoms with van der Waals surface area (Å²) in [5.74, 6) is -0.985. The Morgan fingerprint density at radius 3 is 1.81 bits per heavy atom. The topological polar surface area (TPSA) is 68.2 Å². The summed E-state index contributed by atoms with van der Waals surface area (Å²) in [5.41, 5.74) is 16.5. The number of anilines is 1. The standard InChI is InChI=1S/C38H34N2O2/c1-38(2,3)30-20-18-28(19-21-30)31-22-23-32-34(35(31)39)33(29-12-8-5-9-13-29)36(37(41)42)40(32)24-25-14-16-27(17-15-25)26-10-6-4-7-11-26/h4-23H,24,39H2,1-3H3,(H,41,42). The van der Waals surface area contributed by atoms with E-state index in [9.17, 15) is 9.90 Å². The molecule has 42 heavy (non-hydrogen) atoms. The minimum atomic E-state index is -0.985. The van der Waals surface area contributed by atoms with Crippen molar-refractivity contribution in [3.8, 4) is 33.4 Å². The van der Waals surface area contributed by atoms with Crippen LogP contribution < -0.4 is 5.73 Å². The van der Waals surface area contributed by atoms with Gasteiger partial charge in [0.1, 0.15) is 5.69 Å². The highest BCUT2D eigenvalue weighted by Crippen LogP contribution is 2.43. The monoisotopic (exact) mass is 550 g/mol. The summed E-state index contributed by atoms with van der Waals surface area (Å²) in [6.45, 7) is 6.98. The van der Waals surface area contributed by atoms with E-state index in [1.807, 2.05) is 65.2 Å². The highest BCUT2D eigenvalue weighted by molar-refractivity contribution is 6.15. The predicted octanol–water partition coefficient (Wildman–Crippen LogP) is 9.27. The molecule has 0 spiro atoms. The van der Waals surface area contributed by atoms with Gasteiger partial charge in [-0.2, -0.15) is 0 Å². The zero-order valence-electron chi connectivity index (χ0n) is 24.1. The third kappa shape index (κ3) is 4.97. The maximum atomic E-state index is 13.0. The van der Waals surface area contributed by atoms with Gasteiger partial charge in [-0.3, -0.25) is 0 Å². The van der Waals surface area contributed by atoms with Crippen LogP contribution in [-0.4, -0.2) is 15.6 Å². The van der Waals surface area contributed by atoms with Crippen LogP contribution in [0.25, 0.3) is 44.3 Å². The quantitative estimate of drug-likeness (QED) is 0.203. The molecule has 0 amide bonds. The lowest BCUT2D eigenvalue weighted by atomic mass is 9.86. The first-order valence-corrected chi connectivity index (χ1v) is 14.2. The van der Waals surface area contributed by atoms with Crippen molar-refractivity contribution in [3.05, 3.63) is 138 Å². The van der Waals surface area contributed by atoms with Crippen molar-refractivity contribution in [2.24, 2.45) is 0 Å². The Bertz CT molecular complexity index is 1880. The van der Waals surface area contributed by atoms with Gasteiger partial charge in [-0.1, -0.05) is 136 Å². The van der Waals surface area contributed by atoms with Crippen molar-refractivity contribution in [2.45, 2.75) is 32.7 Å². The molecule has 0 unspecified atom stereocenters. The number of carboxylic acid groups (broad SMARTS) is 1. The Kier molecular flexibility index (Phi) is 6.91. The molecule has 1 aromatic heterocycles. The number of carboxylic acids is 1. The van der Waals surface area contributed by atoms with Crippen molar-refractivity contribution >= 4 is 22.6 Å². The number of hydrogen-bond acceptors (Lipinski definition) is 2. The summed E-state index contributed by atoms with van der Waals surface area (Å²) in [5, 5.41) is 11.4. The molecular weight excluding hydrogens is 516 g/mol. The van der Waals surface area contributed by atoms with E-state index < -0.39 is 5.97 Å². The Hall–Kier alpha value is -5.09. The van der Waals surface area contributed by atoms with E-state index in [1.54, 1.807) is 0 Å². The predicted molar refractivity (Wildman–Crippen MR) is 174 cm³/mol. The zero-order chi connectivity index (χ0) is 29.4. The van der Waals surface area contributed by atoms with Gasteiger partial charge >= 0.3 is 5.97 Å². The van der Waals surface area contributed by atoms with Crippen molar-refractivity contribution < 1.29 is 9.90 Å². The minimum Gasteiger partial charge on any atom is -0.477 e. The SMILES string of the molecule is CC(C)(C)c1ccc(-c2ccc3c(c2N)c(-c2ccccc2)c(C(=O)O)n3Cc2ccc(-c3ccccc3)cc2)cc1. The van der Waals surface area contributed by atoms with E-state index in [-0.39, 0.29) is 11.1 Å². The van der Waals surface area contributed by atoms with E-state index in [0.717, 1.165) is 44.3 Å². The maximum absolute atomic E-state index is 13.0. The highest BCUT2D eigenvalue weighted by Gasteiger charge is 2.26. The van der Waals surface area contributed by atoms with E-state index in [1.165, 1.54) is 5.56 Å². The second-order valence-electron chi connectivity index (χ2n) is 11.8. The van der Waals surface area contributed by atoms with Gasteiger partial charge in [-0.05, 0) is 44.9 Å². The van der Waals surface area contributed by atoms with Gasteiger partial charge in [-0.25, -0.2) is 4.79 Å². The maximum Gasteiger partial charge on any atom is 0.353 e. The number of fused-ring (bicyclic) bond motifs is 1. The average Bonchev–Trinajstić information content (AvgIpc) is 3.33. The van der Waals surface area contributed by atoms with Crippen LogP contribution in [0.2, 0.25) is 0 Å². The second-order valence-corrected chi connectivity index (χ2v) is 11.8. The number of nitrogen functional groups attached to an aromatic ring is 1. The molecule has 0 radical (unpaired) electrons. The largest absolute Gasteiger partial charge is 0.477 e. The first kappa shape index (κ1) is 27.1. The van der Waals surface area contributed by atoms with Crippen LogP contribution in [0.3, 0.4) is 0 Å². The van der Waals surface area contributed by atoms with E-state index in [2.05, 4.69) is 81.4 Å². The number of carbonyl (C=O) groups is 1. The first-order chi connectivity index (χ1) is 20.2. The smallest absolute Gasteiger partial charge is 0.353 e. The zero-order valence-corrected chi connectivity index (χ0v) is 24.1. The third-order valence-corrected chi connectivity index (χ3v) is 8.00. The van der Waals surface area contributed by atoms with E-state index >= 15 is 0 Å². The molecule has 6 aromatic rings. The molecule has 0 atom stereocenters. The number of rotatable bonds is 6. The number of aromatic nitrogens is 1. The van der Waals surface area contributed by atoms with Gasteiger partial charge in [0.15, 0.2) is 0 Å². The number of nitrogens with zero attached hydrogens (tertiary/aromatic N) is 1. The van der Waals surface area contributed by atoms with Crippen molar-refractivity contribution in [3.63, 3.8) is 0 Å². The van der Waals surface area contributed by atoms with Gasteiger partial charge in [0.05, 0.1) is 5.52 Å². The molecule has 4 nitrogen and oxygen atoms in total. The summed E-state index contributed by atoms with van der Waals surface area (Å²) < 4.78 is 1.89. The number of aromatic carboxylic acids is 1. The Balaban J connectivity index is 1.52. The van der Waals surface area contributed by atoms with Crippen molar-refractivity contribution in [2.75, 3.05) is 5.73 Å². The fourth-order valence-corrected chi connectivity index (χ4v) is 5.76. The molecule has 0 bridgehead atoms. The molecular formula is C38H34N2O2. The summed E-state index contributed by atoms with van der Waals surface area (Å²) in [4.78, 5) is 13.0. The molecule has 0 aliphatic rings. The van der Waals surface area contributed by atoms with Crippen LogP contribution in [0.15, 0.2) is 121 Å². The van der Waals surface area contributed by atoms with E-state index in [4.69, 9.17) is 5.73 Å². The van der Waals surface area contributed by atoms with Crippen LogP contribution in [0.5, 0.6) is 0 Å². The van der Waals surface area contributed by atoms with Crippen LogP contribution >= 0.6 is 0 Å². The molecule has 0 aliphatic carbocycles. The highest BCUT2D eigenvalue weighted by atomic mass is 16.4. The van der Waals surface area contributed by atoms with Crippen LogP contribution in [-0.2, 0) is 12.0 Å². The van der Waals surface area contributed by atoms with Crippen LogP contribution in [0.1, 0.15) is 42.4 Å². The lowest BCUT2D eigenvalue weighted by Crippen LogP contribution is -2.10. The van der Waals surface area contributed by atoms with Gasteiger partial charge in [0.2, 0.25) is 0 Å². The molecule has 208 valence electrons. The fourth-order valence-electron chi connectivity index (χ4n) is 5.76. The summed E-state index contributed by atoms with van der Waals surface area (Å²) in [6.07, 6.45) is 0. The molecule has 0 fully saturated rings. The van der Waals surface area contributed by atoms with Gasteiger partial charge in [0.25, 0.3) is 0 Å². The van der Waals surface area contributed by atoms with Gasteiger partial charge < -0.3 is 15.4 Å². The van der Waals surface area contributed by atoms with Gasteiger partial charge in [-0.15, -0.1) is 0 Å². The van der Waals surface area contributed by atoms with Crippen LogP contribution in [0.4, 0.5) is 5.69 Å². The molecule has 0 saturated heterocycles. The Labute approximate surface area is 246 Å². The number of benzene rings is 5. The minimum absolute atomic E-state index is 0.0431. The normalized spacial score (nSPS) is 11.6. The molecule has 3 N–H and O–H groups in total. The van der Waals surface area contributed by atoms with Crippen LogP contribution in [0, 0.1) is 0 Å². The lowest BCUT2D eigenvalue weighted by Gasteiger charge is -2.19. The van der Waals surface area contributed by atoms with Gasteiger partial charge in [0, 0.05) is 28.7 Å². The van der Waals surface area contributed by atoms with Crippen molar-refractivity contribution in [1.82, 2.24) is 4.57 Å². The molecule has 5 aromatic carbocycles. The molecule has 0 saturated carbocycles. The average molecular weight is 551 g/mol. The molecule has 4 heteroatoms. The lowest BCUT2D eigenvalue weighted by molar-refractivity contribution is 0.0687. The number of nitrogens with two attached hydrogens (primary N) is 1. The summed E-state index contributed by atoms with van der Waals surface area (Å²) in [6, 6.07) is 40.7. The van der Waals surface area contributed by atoms with E-state index in [0.29, 0.717) is 17.8 Å². The number of hydrogen-bond donors (Lipinski definition) is 2. The second kappa shape index (κ2) is 10.7. The third-order valence-electron chi connectivity index (χ3n) is 8.00. The summed E-state index contributed by atoms with van der Waals surface area (Å²) in [7, 11) is 0.